The van der Waals surface area contributed by atoms with Gasteiger partial charge in [0.2, 0.25) is 0 Å². The molecule has 0 unspecified atom stereocenters. The van der Waals surface area contributed by atoms with Gasteiger partial charge < -0.3 is 4.74 Å². The fourth-order valence-electron chi connectivity index (χ4n) is 2.60. The summed E-state index contributed by atoms with van der Waals surface area (Å²) in [4.78, 5) is 2.61. The van der Waals surface area contributed by atoms with E-state index in [-0.39, 0.29) is 0 Å². The maximum absolute atomic E-state index is 5.74. The number of rotatable bonds is 1. The Labute approximate surface area is 74.9 Å². The molecule has 0 bridgehead atoms. The van der Waals surface area contributed by atoms with Gasteiger partial charge in [-0.25, -0.2) is 0 Å². The van der Waals surface area contributed by atoms with Crippen LogP contribution in [-0.4, -0.2) is 36.2 Å². The van der Waals surface area contributed by atoms with Crippen molar-refractivity contribution in [2.75, 3.05) is 13.2 Å². The van der Waals surface area contributed by atoms with Crippen molar-refractivity contribution in [2.24, 2.45) is 0 Å². The van der Waals surface area contributed by atoms with Gasteiger partial charge >= 0.3 is 0 Å². The Hall–Kier alpha value is -0.0800. The maximum atomic E-state index is 5.74. The Balaban J connectivity index is 2.03. The Morgan fingerprint density at radius 2 is 2.17 bits per heavy atom. The van der Waals surface area contributed by atoms with Crippen molar-refractivity contribution in [3.8, 4) is 0 Å². The van der Waals surface area contributed by atoms with Crippen molar-refractivity contribution in [1.82, 2.24) is 4.90 Å². The molecule has 0 aromatic heterocycles. The van der Waals surface area contributed by atoms with E-state index in [4.69, 9.17) is 4.74 Å². The molecule has 0 radical (unpaired) electrons. The minimum Gasteiger partial charge on any atom is -0.375 e. The molecule has 1 heterocycles. The normalized spacial score (nSPS) is 37.2. The van der Waals surface area contributed by atoms with Gasteiger partial charge in [-0.15, -0.1) is 0 Å². The number of ether oxygens (including phenoxy) is 1. The minimum absolute atomic E-state index is 0.557. The molecule has 0 aromatic rings. The van der Waals surface area contributed by atoms with Crippen LogP contribution in [0.4, 0.5) is 0 Å². The second kappa shape index (κ2) is 3.35. The van der Waals surface area contributed by atoms with Crippen LogP contribution in [0.2, 0.25) is 0 Å². The Kier molecular flexibility index (Phi) is 2.37. The minimum atomic E-state index is 0.557. The van der Waals surface area contributed by atoms with E-state index in [1.54, 1.807) is 0 Å². The number of fused-ring (bicyclic) bond motifs is 1. The first-order valence-electron chi connectivity index (χ1n) is 5.16. The molecule has 2 nitrogen and oxygen atoms in total. The molecule has 70 valence electrons. The van der Waals surface area contributed by atoms with Gasteiger partial charge in [0.05, 0.1) is 12.7 Å². The molecule has 0 spiro atoms. The highest BCUT2D eigenvalue weighted by molar-refractivity contribution is 4.90. The zero-order valence-electron chi connectivity index (χ0n) is 8.12. The quantitative estimate of drug-likeness (QED) is 0.592. The fourth-order valence-corrected chi connectivity index (χ4v) is 2.60. The highest BCUT2D eigenvalue weighted by Gasteiger charge is 2.36. The molecule has 2 atom stereocenters. The largest absolute Gasteiger partial charge is 0.375 e. The summed E-state index contributed by atoms with van der Waals surface area (Å²) in [6.07, 6.45) is 4.55. The van der Waals surface area contributed by atoms with E-state index in [9.17, 15) is 0 Å². The predicted octanol–water partition coefficient (Wildman–Crippen LogP) is 1.65. The number of nitrogens with zero attached hydrogens (tertiary/aromatic N) is 1. The highest BCUT2D eigenvalue weighted by Crippen LogP contribution is 2.30. The Morgan fingerprint density at radius 1 is 1.33 bits per heavy atom. The van der Waals surface area contributed by atoms with E-state index < -0.39 is 0 Å². The lowest BCUT2D eigenvalue weighted by Gasteiger charge is -2.40. The first-order valence-corrected chi connectivity index (χ1v) is 5.16. The van der Waals surface area contributed by atoms with Gasteiger partial charge in [0.1, 0.15) is 0 Å². The molecular formula is C10H19NO. The molecule has 2 aliphatic rings. The fraction of sp³-hybridized carbons (Fsp3) is 1.00. The summed E-state index contributed by atoms with van der Waals surface area (Å²) in [5.74, 6) is 0. The third-order valence-electron chi connectivity index (χ3n) is 3.19. The lowest BCUT2D eigenvalue weighted by Crippen LogP contribution is -2.51. The van der Waals surface area contributed by atoms with Crippen LogP contribution >= 0.6 is 0 Å². The third-order valence-corrected chi connectivity index (χ3v) is 3.19. The molecule has 0 amide bonds. The van der Waals surface area contributed by atoms with Crippen LogP contribution in [-0.2, 0) is 4.74 Å². The van der Waals surface area contributed by atoms with Gasteiger partial charge in [0.25, 0.3) is 0 Å². The number of morpholine rings is 1. The SMILES string of the molecule is CC(C)N1CCO[C@H]2CCC[C@@H]21. The maximum Gasteiger partial charge on any atom is 0.0731 e. The van der Waals surface area contributed by atoms with Crippen LogP contribution in [0.1, 0.15) is 33.1 Å². The van der Waals surface area contributed by atoms with Gasteiger partial charge in [0, 0.05) is 18.6 Å². The summed E-state index contributed by atoms with van der Waals surface area (Å²) in [7, 11) is 0. The van der Waals surface area contributed by atoms with Crippen LogP contribution in [0, 0.1) is 0 Å². The molecule has 1 saturated carbocycles. The number of hydrogen-bond donors (Lipinski definition) is 0. The zero-order valence-corrected chi connectivity index (χ0v) is 8.12. The molecule has 0 aromatic carbocycles. The van der Waals surface area contributed by atoms with E-state index in [2.05, 4.69) is 18.7 Å². The van der Waals surface area contributed by atoms with Gasteiger partial charge in [0.15, 0.2) is 0 Å². The molecule has 2 fully saturated rings. The van der Waals surface area contributed by atoms with Crippen molar-refractivity contribution in [1.29, 1.82) is 0 Å². The van der Waals surface area contributed by atoms with E-state index in [1.165, 1.54) is 19.3 Å². The van der Waals surface area contributed by atoms with Crippen molar-refractivity contribution in [2.45, 2.75) is 51.3 Å². The van der Waals surface area contributed by atoms with E-state index in [0.29, 0.717) is 12.1 Å². The van der Waals surface area contributed by atoms with Crippen molar-refractivity contribution in [3.63, 3.8) is 0 Å². The van der Waals surface area contributed by atoms with Crippen molar-refractivity contribution >= 4 is 0 Å². The van der Waals surface area contributed by atoms with Gasteiger partial charge in [-0.3, -0.25) is 4.90 Å². The van der Waals surface area contributed by atoms with Gasteiger partial charge in [-0.1, -0.05) is 0 Å². The second-order valence-electron chi connectivity index (χ2n) is 4.24. The molecule has 1 aliphatic carbocycles. The molecule has 2 heteroatoms. The Morgan fingerprint density at radius 3 is 2.92 bits per heavy atom. The van der Waals surface area contributed by atoms with Crippen LogP contribution in [0.5, 0.6) is 0 Å². The third kappa shape index (κ3) is 1.38. The lowest BCUT2D eigenvalue weighted by atomic mass is 10.1. The summed E-state index contributed by atoms with van der Waals surface area (Å²) < 4.78 is 5.74. The first kappa shape index (κ1) is 8.52. The van der Waals surface area contributed by atoms with Crippen LogP contribution in [0.3, 0.4) is 0 Å². The highest BCUT2D eigenvalue weighted by atomic mass is 16.5. The van der Waals surface area contributed by atoms with Crippen molar-refractivity contribution in [3.05, 3.63) is 0 Å². The van der Waals surface area contributed by atoms with Crippen molar-refractivity contribution < 1.29 is 4.74 Å². The second-order valence-corrected chi connectivity index (χ2v) is 4.24. The smallest absolute Gasteiger partial charge is 0.0731 e. The topological polar surface area (TPSA) is 12.5 Å². The summed E-state index contributed by atoms with van der Waals surface area (Å²) in [5, 5.41) is 0. The molecule has 12 heavy (non-hydrogen) atoms. The Bertz CT molecular complexity index is 158. The molecule has 0 N–H and O–H groups in total. The number of hydrogen-bond acceptors (Lipinski definition) is 2. The van der Waals surface area contributed by atoms with Crippen LogP contribution in [0.25, 0.3) is 0 Å². The molecule has 2 rings (SSSR count). The first-order chi connectivity index (χ1) is 5.79. The summed E-state index contributed by atoms with van der Waals surface area (Å²) in [5.41, 5.74) is 0. The standard InChI is InChI=1S/C10H19NO/c1-8(2)11-6-7-12-10-5-3-4-9(10)11/h8-10H,3-7H2,1-2H3/t9-,10-/m0/s1. The molecule has 1 saturated heterocycles. The summed E-state index contributed by atoms with van der Waals surface area (Å²) in [6, 6.07) is 1.43. The van der Waals surface area contributed by atoms with Crippen LogP contribution < -0.4 is 0 Å². The van der Waals surface area contributed by atoms with Gasteiger partial charge in [-0.05, 0) is 33.1 Å². The van der Waals surface area contributed by atoms with Crippen LogP contribution in [0.15, 0.2) is 0 Å². The van der Waals surface area contributed by atoms with Gasteiger partial charge in [-0.2, -0.15) is 0 Å². The van der Waals surface area contributed by atoms with E-state index >= 15 is 0 Å². The van der Waals surface area contributed by atoms with E-state index in [0.717, 1.165) is 19.2 Å². The summed E-state index contributed by atoms with van der Waals surface area (Å²) in [6.45, 7) is 6.67. The summed E-state index contributed by atoms with van der Waals surface area (Å²) >= 11 is 0. The molecular weight excluding hydrogens is 150 g/mol. The average Bonchev–Trinajstić information content (AvgIpc) is 2.49. The van der Waals surface area contributed by atoms with E-state index in [1.807, 2.05) is 0 Å². The predicted molar refractivity (Wildman–Crippen MR) is 49.2 cm³/mol. The monoisotopic (exact) mass is 169 g/mol. The molecule has 1 aliphatic heterocycles. The average molecular weight is 169 g/mol. The lowest BCUT2D eigenvalue weighted by molar-refractivity contribution is -0.0666. The zero-order chi connectivity index (χ0) is 8.55.